The SMILES string of the molecule is C=CCn1c(SC(C)c2nnnn2-c2ccccc2)nnc1-c1ccco1. The predicted octanol–water partition coefficient (Wildman–Crippen LogP) is 3.55. The molecule has 1 aromatic carbocycles. The smallest absolute Gasteiger partial charge is 0.200 e. The summed E-state index contributed by atoms with van der Waals surface area (Å²) in [5.74, 6) is 2.06. The molecule has 3 aromatic heterocycles. The maximum atomic E-state index is 5.47. The van der Waals surface area contributed by atoms with Gasteiger partial charge in [0.05, 0.1) is 17.2 Å². The molecule has 0 bridgehead atoms. The monoisotopic (exact) mass is 379 g/mol. The number of hydrogen-bond donors (Lipinski definition) is 0. The molecule has 0 saturated carbocycles. The highest BCUT2D eigenvalue weighted by atomic mass is 32.2. The van der Waals surface area contributed by atoms with Crippen LogP contribution >= 0.6 is 11.8 Å². The first-order valence-electron chi connectivity index (χ1n) is 8.36. The first-order valence-corrected chi connectivity index (χ1v) is 9.24. The summed E-state index contributed by atoms with van der Waals surface area (Å²) in [6.07, 6.45) is 3.42. The van der Waals surface area contributed by atoms with Crippen LogP contribution in [0.1, 0.15) is 18.0 Å². The van der Waals surface area contributed by atoms with Gasteiger partial charge in [-0.25, -0.2) is 0 Å². The third-order valence-corrected chi connectivity index (χ3v) is 4.99. The van der Waals surface area contributed by atoms with Crippen LogP contribution in [-0.2, 0) is 6.54 Å². The second-order valence-corrected chi connectivity index (χ2v) is 7.04. The lowest BCUT2D eigenvalue weighted by Gasteiger charge is -2.12. The molecule has 3 heterocycles. The van der Waals surface area contributed by atoms with E-state index in [9.17, 15) is 0 Å². The third kappa shape index (κ3) is 3.41. The molecule has 27 heavy (non-hydrogen) atoms. The second-order valence-electron chi connectivity index (χ2n) is 5.73. The summed E-state index contributed by atoms with van der Waals surface area (Å²) in [5, 5.41) is 21.5. The Hall–Kier alpha value is -3.20. The van der Waals surface area contributed by atoms with Crippen LogP contribution in [-0.4, -0.2) is 35.0 Å². The lowest BCUT2D eigenvalue weighted by molar-refractivity contribution is 0.569. The van der Waals surface area contributed by atoms with Crippen molar-refractivity contribution >= 4 is 11.8 Å². The first-order chi connectivity index (χ1) is 13.3. The minimum atomic E-state index is -0.0441. The molecule has 1 unspecified atom stereocenters. The van der Waals surface area contributed by atoms with Crippen molar-refractivity contribution < 1.29 is 4.42 Å². The van der Waals surface area contributed by atoms with Gasteiger partial charge in [0, 0.05) is 6.54 Å². The molecule has 4 rings (SSSR count). The van der Waals surface area contributed by atoms with Crippen molar-refractivity contribution in [1.29, 1.82) is 0 Å². The summed E-state index contributed by atoms with van der Waals surface area (Å²) < 4.78 is 9.17. The zero-order valence-corrected chi connectivity index (χ0v) is 15.5. The number of furan rings is 1. The predicted molar refractivity (Wildman–Crippen MR) is 101 cm³/mol. The van der Waals surface area contributed by atoms with Crippen molar-refractivity contribution in [1.82, 2.24) is 35.0 Å². The molecule has 0 saturated heterocycles. The Kier molecular flexibility index (Phi) is 4.84. The Balaban J connectivity index is 1.64. The van der Waals surface area contributed by atoms with Crippen LogP contribution in [0.25, 0.3) is 17.3 Å². The number of allylic oxidation sites excluding steroid dienone is 1. The highest BCUT2D eigenvalue weighted by molar-refractivity contribution is 7.99. The summed E-state index contributed by atoms with van der Waals surface area (Å²) in [7, 11) is 0. The van der Waals surface area contributed by atoms with Crippen LogP contribution in [0.4, 0.5) is 0 Å². The van der Waals surface area contributed by atoms with Crippen molar-refractivity contribution in [3.05, 3.63) is 67.2 Å². The van der Waals surface area contributed by atoms with Crippen LogP contribution in [0, 0.1) is 0 Å². The van der Waals surface area contributed by atoms with Gasteiger partial charge in [0.2, 0.25) is 5.82 Å². The van der Waals surface area contributed by atoms with Gasteiger partial charge >= 0.3 is 0 Å². The van der Waals surface area contributed by atoms with E-state index in [1.807, 2.05) is 54.0 Å². The Morgan fingerprint density at radius 2 is 2.00 bits per heavy atom. The van der Waals surface area contributed by atoms with Gasteiger partial charge in [0.25, 0.3) is 0 Å². The number of nitrogens with zero attached hydrogens (tertiary/aromatic N) is 7. The molecule has 0 aliphatic carbocycles. The molecule has 1 atom stereocenters. The molecule has 8 nitrogen and oxygen atoms in total. The van der Waals surface area contributed by atoms with Gasteiger partial charge in [-0.2, -0.15) is 4.68 Å². The van der Waals surface area contributed by atoms with Crippen molar-refractivity contribution in [2.24, 2.45) is 0 Å². The number of benzene rings is 1. The minimum Gasteiger partial charge on any atom is -0.461 e. The van der Waals surface area contributed by atoms with Gasteiger partial charge in [-0.3, -0.25) is 4.57 Å². The summed E-state index contributed by atoms with van der Waals surface area (Å²) in [6.45, 7) is 6.44. The van der Waals surface area contributed by atoms with E-state index in [0.29, 0.717) is 18.1 Å². The highest BCUT2D eigenvalue weighted by Crippen LogP contribution is 2.35. The van der Waals surface area contributed by atoms with E-state index < -0.39 is 0 Å². The van der Waals surface area contributed by atoms with Crippen molar-refractivity contribution in [2.45, 2.75) is 23.9 Å². The van der Waals surface area contributed by atoms with Gasteiger partial charge in [-0.1, -0.05) is 36.0 Å². The molecule has 0 fully saturated rings. The fraction of sp³-hybridized carbons (Fsp3) is 0.167. The Bertz CT molecular complexity index is 1020. The van der Waals surface area contributed by atoms with Crippen molar-refractivity contribution in [3.63, 3.8) is 0 Å². The number of para-hydroxylation sites is 1. The van der Waals surface area contributed by atoms with Gasteiger partial charge in [-0.05, 0) is 41.6 Å². The summed E-state index contributed by atoms with van der Waals surface area (Å²) >= 11 is 1.53. The van der Waals surface area contributed by atoms with Crippen LogP contribution < -0.4 is 0 Å². The van der Waals surface area contributed by atoms with Crippen molar-refractivity contribution in [3.8, 4) is 17.3 Å². The number of aromatic nitrogens is 7. The quantitative estimate of drug-likeness (QED) is 0.358. The number of thioether (sulfide) groups is 1. The largest absolute Gasteiger partial charge is 0.461 e. The highest BCUT2D eigenvalue weighted by Gasteiger charge is 2.22. The van der Waals surface area contributed by atoms with E-state index in [0.717, 1.165) is 16.7 Å². The standard InChI is InChI=1S/C18H17N7OS/c1-3-11-24-17(15-10-7-12-26-15)19-21-18(24)27-13(2)16-20-22-23-25(16)14-8-5-4-6-9-14/h3-10,12-13H,1,11H2,2H3. The molecule has 136 valence electrons. The van der Waals surface area contributed by atoms with Crippen LogP contribution in [0.15, 0.2) is 71.0 Å². The normalized spacial score (nSPS) is 12.2. The van der Waals surface area contributed by atoms with Gasteiger partial charge in [0.15, 0.2) is 16.7 Å². The lowest BCUT2D eigenvalue weighted by atomic mass is 10.3. The minimum absolute atomic E-state index is 0.0441. The number of hydrogen-bond acceptors (Lipinski definition) is 7. The molecule has 0 N–H and O–H groups in total. The molecule has 0 spiro atoms. The Morgan fingerprint density at radius 1 is 1.15 bits per heavy atom. The van der Waals surface area contributed by atoms with E-state index in [-0.39, 0.29) is 5.25 Å². The van der Waals surface area contributed by atoms with E-state index >= 15 is 0 Å². The fourth-order valence-corrected chi connectivity index (χ4v) is 3.61. The topological polar surface area (TPSA) is 87.5 Å². The molecule has 0 aliphatic heterocycles. The van der Waals surface area contributed by atoms with Gasteiger partial charge < -0.3 is 4.42 Å². The number of rotatable bonds is 7. The first kappa shape index (κ1) is 17.2. The zero-order chi connectivity index (χ0) is 18.6. The van der Waals surface area contributed by atoms with E-state index in [1.165, 1.54) is 11.8 Å². The second kappa shape index (κ2) is 7.58. The molecule has 0 amide bonds. The summed E-state index contributed by atoms with van der Waals surface area (Å²) in [4.78, 5) is 0. The zero-order valence-electron chi connectivity index (χ0n) is 14.6. The maximum absolute atomic E-state index is 5.47. The van der Waals surface area contributed by atoms with Crippen LogP contribution in [0.2, 0.25) is 0 Å². The average molecular weight is 379 g/mol. The van der Waals surface area contributed by atoms with E-state index in [2.05, 4.69) is 32.3 Å². The third-order valence-electron chi connectivity index (χ3n) is 3.91. The number of tetrazole rings is 1. The molecular weight excluding hydrogens is 362 g/mol. The Labute approximate surface area is 159 Å². The molecule has 9 heteroatoms. The Morgan fingerprint density at radius 3 is 2.74 bits per heavy atom. The molecule has 0 aliphatic rings. The molecule has 4 aromatic rings. The van der Waals surface area contributed by atoms with Crippen LogP contribution in [0.3, 0.4) is 0 Å². The van der Waals surface area contributed by atoms with Crippen molar-refractivity contribution in [2.75, 3.05) is 0 Å². The molecule has 0 radical (unpaired) electrons. The fourth-order valence-electron chi connectivity index (χ4n) is 2.67. The van der Waals surface area contributed by atoms with E-state index in [4.69, 9.17) is 4.42 Å². The van der Waals surface area contributed by atoms with E-state index in [1.54, 1.807) is 17.0 Å². The van der Waals surface area contributed by atoms with Gasteiger partial charge in [-0.15, -0.1) is 21.9 Å². The lowest BCUT2D eigenvalue weighted by Crippen LogP contribution is -2.06. The molecular formula is C18H17N7OS. The van der Waals surface area contributed by atoms with Gasteiger partial charge in [0.1, 0.15) is 0 Å². The average Bonchev–Trinajstić information content (AvgIpc) is 3.44. The summed E-state index contributed by atoms with van der Waals surface area (Å²) in [6, 6.07) is 13.5. The summed E-state index contributed by atoms with van der Waals surface area (Å²) in [5.41, 5.74) is 0.911. The maximum Gasteiger partial charge on any atom is 0.200 e. The van der Waals surface area contributed by atoms with Crippen LogP contribution in [0.5, 0.6) is 0 Å².